The Kier molecular flexibility index (Phi) is 6.78. The highest BCUT2D eigenvalue weighted by Gasteiger charge is 2.22. The number of anilines is 1. The molecule has 0 aliphatic heterocycles. The Hall–Kier alpha value is -3.29. The molecule has 0 atom stereocenters. The van der Waals surface area contributed by atoms with E-state index in [-0.39, 0.29) is 6.03 Å². The summed E-state index contributed by atoms with van der Waals surface area (Å²) >= 11 is 1.70. The van der Waals surface area contributed by atoms with E-state index in [4.69, 9.17) is 9.47 Å². The molecule has 4 rings (SSSR count). The Morgan fingerprint density at radius 3 is 2.59 bits per heavy atom. The number of benzene rings is 2. The summed E-state index contributed by atoms with van der Waals surface area (Å²) in [7, 11) is 5.32. The van der Waals surface area contributed by atoms with Gasteiger partial charge in [-0.1, -0.05) is 36.4 Å². The molecule has 0 fully saturated rings. The first-order valence-corrected chi connectivity index (χ1v) is 11.3. The minimum absolute atomic E-state index is 0.198. The van der Waals surface area contributed by atoms with Gasteiger partial charge in [0.2, 0.25) is 0 Å². The number of aryl methyl sites for hydroxylation is 1. The monoisotopic (exact) mass is 449 g/mol. The molecular formula is C25H27N3O3S. The van der Waals surface area contributed by atoms with Crippen LogP contribution in [0.1, 0.15) is 5.56 Å². The number of ether oxygens (including phenoxy) is 2. The van der Waals surface area contributed by atoms with Crippen molar-refractivity contribution in [1.82, 2.24) is 9.47 Å². The van der Waals surface area contributed by atoms with Gasteiger partial charge >= 0.3 is 6.03 Å². The standard InChI is InChI=1S/C25H27N3O3S/c1-27-21-11-6-4-9-18(21)19(24(27)23-13-8-16-32-23)17-28(14-15-30-2)25(29)26-20-10-5-7-12-22(20)31-3/h4-13,16H,14-15,17H2,1-3H3,(H,26,29). The van der Waals surface area contributed by atoms with Crippen LogP contribution in [0.25, 0.3) is 21.5 Å². The number of rotatable bonds is 8. The molecule has 1 N–H and O–H groups in total. The Labute approximate surface area is 192 Å². The quantitative estimate of drug-likeness (QED) is 0.381. The summed E-state index contributed by atoms with van der Waals surface area (Å²) in [6.07, 6.45) is 0. The first-order valence-electron chi connectivity index (χ1n) is 10.4. The van der Waals surface area contributed by atoms with E-state index in [1.165, 1.54) is 4.88 Å². The van der Waals surface area contributed by atoms with Gasteiger partial charge in [-0.15, -0.1) is 11.3 Å². The minimum atomic E-state index is -0.198. The summed E-state index contributed by atoms with van der Waals surface area (Å²) in [6, 6.07) is 19.7. The van der Waals surface area contributed by atoms with Crippen molar-refractivity contribution < 1.29 is 14.3 Å². The van der Waals surface area contributed by atoms with Crippen LogP contribution in [0.3, 0.4) is 0 Å². The van der Waals surface area contributed by atoms with Crippen molar-refractivity contribution in [3.05, 3.63) is 71.6 Å². The smallest absolute Gasteiger partial charge is 0.322 e. The van der Waals surface area contributed by atoms with E-state index < -0.39 is 0 Å². The number of nitrogens with zero attached hydrogens (tertiary/aromatic N) is 2. The maximum absolute atomic E-state index is 13.3. The molecule has 0 radical (unpaired) electrons. The summed E-state index contributed by atoms with van der Waals surface area (Å²) in [5.41, 5.74) is 4.03. The first kappa shape index (κ1) is 21.9. The normalized spacial score (nSPS) is 11.0. The molecule has 166 valence electrons. The van der Waals surface area contributed by atoms with Crippen molar-refractivity contribution in [2.75, 3.05) is 32.7 Å². The highest BCUT2D eigenvalue weighted by Crippen LogP contribution is 2.36. The van der Waals surface area contributed by atoms with Crippen LogP contribution in [0.15, 0.2) is 66.0 Å². The minimum Gasteiger partial charge on any atom is -0.495 e. The Bertz CT molecular complexity index is 1200. The number of nitrogens with one attached hydrogen (secondary N) is 1. The first-order chi connectivity index (χ1) is 15.6. The van der Waals surface area contributed by atoms with Gasteiger partial charge in [-0.3, -0.25) is 0 Å². The Morgan fingerprint density at radius 1 is 1.06 bits per heavy atom. The number of thiophene rings is 1. The summed E-state index contributed by atoms with van der Waals surface area (Å²) in [6.45, 7) is 1.36. The number of para-hydroxylation sites is 3. The topological polar surface area (TPSA) is 55.7 Å². The largest absolute Gasteiger partial charge is 0.495 e. The molecule has 4 aromatic rings. The summed E-state index contributed by atoms with van der Waals surface area (Å²) in [5.74, 6) is 0.622. The molecule has 32 heavy (non-hydrogen) atoms. The Morgan fingerprint density at radius 2 is 1.84 bits per heavy atom. The average Bonchev–Trinajstić information content (AvgIpc) is 3.43. The third kappa shape index (κ3) is 4.35. The van der Waals surface area contributed by atoms with Crippen molar-refractivity contribution in [2.45, 2.75) is 6.54 Å². The second kappa shape index (κ2) is 9.89. The number of carbonyl (C=O) groups excluding carboxylic acids is 1. The van der Waals surface area contributed by atoms with Gasteiger partial charge in [-0.2, -0.15) is 0 Å². The fraction of sp³-hybridized carbons (Fsp3) is 0.240. The van der Waals surface area contributed by atoms with E-state index in [2.05, 4.69) is 46.6 Å². The van der Waals surface area contributed by atoms with E-state index in [1.807, 2.05) is 36.4 Å². The molecule has 0 unspecified atom stereocenters. The second-order valence-corrected chi connectivity index (χ2v) is 8.37. The van der Waals surface area contributed by atoms with Crippen LogP contribution in [-0.4, -0.2) is 42.9 Å². The van der Waals surface area contributed by atoms with Crippen molar-refractivity contribution in [2.24, 2.45) is 7.05 Å². The lowest BCUT2D eigenvalue weighted by Gasteiger charge is -2.24. The summed E-state index contributed by atoms with van der Waals surface area (Å²) in [4.78, 5) is 16.3. The number of fused-ring (bicyclic) bond motifs is 1. The van der Waals surface area contributed by atoms with E-state index in [9.17, 15) is 4.79 Å². The molecule has 6 nitrogen and oxygen atoms in total. The number of hydrogen-bond donors (Lipinski definition) is 1. The zero-order valence-corrected chi connectivity index (χ0v) is 19.3. The number of aromatic nitrogens is 1. The van der Waals surface area contributed by atoms with Gasteiger partial charge in [0, 0.05) is 37.2 Å². The fourth-order valence-corrected chi connectivity index (χ4v) is 4.78. The molecular weight excluding hydrogens is 422 g/mol. The molecule has 0 spiro atoms. The molecule has 2 heterocycles. The lowest BCUT2D eigenvalue weighted by Crippen LogP contribution is -2.37. The van der Waals surface area contributed by atoms with Crippen LogP contribution in [0, 0.1) is 0 Å². The molecule has 0 aliphatic rings. The number of amides is 2. The zero-order valence-electron chi connectivity index (χ0n) is 18.5. The molecule has 2 aromatic carbocycles. The van der Waals surface area contributed by atoms with Gasteiger partial charge in [0.25, 0.3) is 0 Å². The molecule has 0 aliphatic carbocycles. The number of methoxy groups -OCH3 is 2. The lowest BCUT2D eigenvalue weighted by atomic mass is 10.1. The molecule has 0 saturated carbocycles. The highest BCUT2D eigenvalue weighted by atomic mass is 32.1. The van der Waals surface area contributed by atoms with Gasteiger partial charge in [0.05, 0.1) is 36.5 Å². The van der Waals surface area contributed by atoms with Crippen LogP contribution in [-0.2, 0) is 18.3 Å². The van der Waals surface area contributed by atoms with E-state index >= 15 is 0 Å². The molecule has 2 amide bonds. The zero-order chi connectivity index (χ0) is 22.5. The number of hydrogen-bond acceptors (Lipinski definition) is 4. The SMILES string of the molecule is COCCN(Cc1c(-c2cccs2)n(C)c2ccccc12)C(=O)Nc1ccccc1OC. The fourth-order valence-electron chi connectivity index (χ4n) is 3.95. The second-order valence-electron chi connectivity index (χ2n) is 7.43. The molecule has 7 heteroatoms. The van der Waals surface area contributed by atoms with Crippen molar-refractivity contribution in [3.8, 4) is 16.3 Å². The maximum Gasteiger partial charge on any atom is 0.322 e. The van der Waals surface area contributed by atoms with Crippen molar-refractivity contribution in [3.63, 3.8) is 0 Å². The number of carbonyl (C=O) groups is 1. The van der Waals surface area contributed by atoms with Gasteiger partial charge in [-0.05, 0) is 29.6 Å². The summed E-state index contributed by atoms with van der Waals surface area (Å²) in [5, 5.41) is 6.22. The van der Waals surface area contributed by atoms with E-state index in [1.54, 1.807) is 30.5 Å². The molecule has 0 bridgehead atoms. The molecule has 0 saturated heterocycles. The molecule has 2 aromatic heterocycles. The van der Waals surface area contributed by atoms with Crippen LogP contribution in [0.4, 0.5) is 10.5 Å². The Balaban J connectivity index is 1.72. The lowest BCUT2D eigenvalue weighted by molar-refractivity contribution is 0.153. The van der Waals surface area contributed by atoms with Crippen LogP contribution in [0.5, 0.6) is 5.75 Å². The van der Waals surface area contributed by atoms with Gasteiger partial charge in [0.1, 0.15) is 5.75 Å². The predicted molar refractivity (Wildman–Crippen MR) is 131 cm³/mol. The maximum atomic E-state index is 13.3. The average molecular weight is 450 g/mol. The number of urea groups is 1. The predicted octanol–water partition coefficient (Wildman–Crippen LogP) is 5.60. The third-order valence-corrected chi connectivity index (χ3v) is 6.39. The van der Waals surface area contributed by atoms with E-state index in [0.29, 0.717) is 31.1 Å². The van der Waals surface area contributed by atoms with Gasteiger partial charge in [-0.25, -0.2) is 4.79 Å². The van der Waals surface area contributed by atoms with Gasteiger partial charge < -0.3 is 24.3 Å². The van der Waals surface area contributed by atoms with Gasteiger partial charge in [0.15, 0.2) is 0 Å². The van der Waals surface area contributed by atoms with E-state index in [0.717, 1.165) is 22.2 Å². The van der Waals surface area contributed by atoms with Crippen LogP contribution < -0.4 is 10.1 Å². The summed E-state index contributed by atoms with van der Waals surface area (Å²) < 4.78 is 12.9. The third-order valence-electron chi connectivity index (χ3n) is 5.52. The van der Waals surface area contributed by atoms with Crippen molar-refractivity contribution >= 4 is 34.0 Å². The highest BCUT2D eigenvalue weighted by molar-refractivity contribution is 7.13. The van der Waals surface area contributed by atoms with Crippen LogP contribution in [0.2, 0.25) is 0 Å². The van der Waals surface area contributed by atoms with Crippen molar-refractivity contribution in [1.29, 1.82) is 0 Å². The van der Waals surface area contributed by atoms with Crippen LogP contribution >= 0.6 is 11.3 Å².